The van der Waals surface area contributed by atoms with Gasteiger partial charge in [0.25, 0.3) is 0 Å². The molecule has 0 unspecified atom stereocenters. The molecular formula is CeK4. The SMILES string of the molecule is [Ce].[K].[K].[K].[K]. The van der Waals surface area contributed by atoms with E-state index in [4.69, 9.17) is 0 Å². The maximum atomic E-state index is 0. The van der Waals surface area contributed by atoms with E-state index in [1.54, 1.807) is 0 Å². The monoisotopic (exact) mass is 296 g/mol. The molecule has 0 N–H and O–H groups in total. The van der Waals surface area contributed by atoms with Crippen molar-refractivity contribution in [2.24, 2.45) is 0 Å². The van der Waals surface area contributed by atoms with Crippen LogP contribution in [0.4, 0.5) is 0 Å². The molecule has 0 aromatic rings. The van der Waals surface area contributed by atoms with Crippen LogP contribution >= 0.6 is 0 Å². The first kappa shape index (κ1) is 29.3. The van der Waals surface area contributed by atoms with E-state index in [0.717, 1.165) is 0 Å². The Hall–Kier alpha value is 7.92. The van der Waals surface area contributed by atoms with Crippen molar-refractivity contribution in [2.45, 2.75) is 0 Å². The Kier molecular flexibility index (Phi) is 133. The van der Waals surface area contributed by atoms with Crippen LogP contribution in [0.3, 0.4) is 0 Å². The van der Waals surface area contributed by atoms with Gasteiger partial charge >= 0.3 is 0 Å². The van der Waals surface area contributed by atoms with Crippen LogP contribution in [0.25, 0.3) is 0 Å². The molecule has 0 rings (SSSR count). The maximum absolute atomic E-state index is 0. The van der Waals surface area contributed by atoms with E-state index < -0.39 is 0 Å². The molecule has 5 heavy (non-hydrogen) atoms. The predicted molar refractivity (Wildman–Crippen MR) is 23.0 cm³/mol. The molecule has 0 atom stereocenters. The second-order valence-electron chi connectivity index (χ2n) is 0. The van der Waals surface area contributed by atoms with Gasteiger partial charge in [-0.1, -0.05) is 0 Å². The Morgan fingerprint density at radius 1 is 0.400 bits per heavy atom. The topological polar surface area (TPSA) is 0 Å². The zero-order chi connectivity index (χ0) is 0. The Balaban J connectivity index is 0. The van der Waals surface area contributed by atoms with E-state index in [0.29, 0.717) is 0 Å². The zero-order valence-electron chi connectivity index (χ0n) is 4.50. The summed E-state index contributed by atoms with van der Waals surface area (Å²) in [6.07, 6.45) is 0. The second kappa shape index (κ2) is 22.7. The normalized spacial score (nSPS) is 0. The van der Waals surface area contributed by atoms with Gasteiger partial charge in [-0.2, -0.15) is 0 Å². The van der Waals surface area contributed by atoms with Crippen LogP contribution in [0, 0.1) is 41.7 Å². The van der Waals surface area contributed by atoms with Crippen molar-refractivity contribution in [3.05, 3.63) is 0 Å². The van der Waals surface area contributed by atoms with Gasteiger partial charge in [-0.15, -0.1) is 0 Å². The number of hydrogen-bond donors (Lipinski definition) is 0. The van der Waals surface area contributed by atoms with Crippen LogP contribution in [-0.2, 0) is 0 Å². The number of rotatable bonds is 0. The Morgan fingerprint density at radius 3 is 0.400 bits per heavy atom. The molecule has 0 nitrogen and oxygen atoms in total. The van der Waals surface area contributed by atoms with Crippen LogP contribution in [0.5, 0.6) is 0 Å². The van der Waals surface area contributed by atoms with Gasteiger partial charge in [-0.3, -0.25) is 0 Å². The summed E-state index contributed by atoms with van der Waals surface area (Å²) in [5.74, 6) is 0. The molecule has 0 aromatic carbocycles. The molecule has 0 fully saturated rings. The zero-order valence-corrected chi connectivity index (χ0v) is 20.1. The molecule has 0 amide bonds. The minimum Gasteiger partial charge on any atom is 0 e. The minimum absolute atomic E-state index is 0. The molecule has 5 heteroatoms. The largest absolute Gasteiger partial charge is 0 e. The van der Waals surface area contributed by atoms with Crippen LogP contribution < -0.4 is 0 Å². The van der Waals surface area contributed by atoms with Gasteiger partial charge in [0, 0.05) is 247 Å². The molecular weight excluding hydrogens is 297 g/mol. The standard InChI is InChI=1S/Ce.4K. The third-order valence-corrected chi connectivity index (χ3v) is 0. The Bertz CT molecular complexity index is 3.61. The fraction of sp³-hybridized carbons (Fsp3) is 0. The summed E-state index contributed by atoms with van der Waals surface area (Å²) in [6.45, 7) is 0. The Morgan fingerprint density at radius 2 is 0.400 bits per heavy atom. The fourth-order valence-corrected chi connectivity index (χ4v) is 0. The molecule has 8 valence electrons. The molecule has 0 aliphatic heterocycles. The summed E-state index contributed by atoms with van der Waals surface area (Å²) >= 11 is 0. The van der Waals surface area contributed by atoms with Crippen molar-refractivity contribution >= 4 is 206 Å². The molecule has 4 radical (unpaired) electrons. The van der Waals surface area contributed by atoms with Crippen molar-refractivity contribution in [3.8, 4) is 0 Å². The van der Waals surface area contributed by atoms with Crippen LogP contribution in [-0.4, -0.2) is 206 Å². The summed E-state index contributed by atoms with van der Waals surface area (Å²) in [6, 6.07) is 0. The molecule has 0 saturated carbocycles. The molecule has 0 aromatic heterocycles. The number of hydrogen-bond acceptors (Lipinski definition) is 0. The van der Waals surface area contributed by atoms with Crippen LogP contribution in [0.15, 0.2) is 0 Å². The Labute approximate surface area is 237 Å². The van der Waals surface area contributed by atoms with Crippen molar-refractivity contribution in [2.75, 3.05) is 0 Å². The maximum Gasteiger partial charge on any atom is 0 e. The van der Waals surface area contributed by atoms with Gasteiger partial charge in [0.2, 0.25) is 0 Å². The van der Waals surface area contributed by atoms with E-state index in [9.17, 15) is 0 Å². The summed E-state index contributed by atoms with van der Waals surface area (Å²) in [4.78, 5) is 0. The molecule has 0 spiro atoms. The summed E-state index contributed by atoms with van der Waals surface area (Å²) in [7, 11) is 0. The van der Waals surface area contributed by atoms with E-state index in [2.05, 4.69) is 0 Å². The van der Waals surface area contributed by atoms with Gasteiger partial charge < -0.3 is 0 Å². The first-order chi connectivity index (χ1) is 0. The molecule has 0 heterocycles. The van der Waals surface area contributed by atoms with E-state index in [-0.39, 0.29) is 247 Å². The smallest absolute Gasteiger partial charge is 0 e. The van der Waals surface area contributed by atoms with Gasteiger partial charge in [0.15, 0.2) is 0 Å². The third-order valence-electron chi connectivity index (χ3n) is 0. The predicted octanol–water partition coefficient (Wildman–Crippen LogP) is -1.52. The van der Waals surface area contributed by atoms with Gasteiger partial charge in [-0.25, -0.2) is 0 Å². The first-order valence-corrected chi connectivity index (χ1v) is 0. The van der Waals surface area contributed by atoms with Gasteiger partial charge in [-0.05, 0) is 0 Å². The minimum atomic E-state index is 0. The summed E-state index contributed by atoms with van der Waals surface area (Å²) in [5, 5.41) is 0. The van der Waals surface area contributed by atoms with E-state index in [1.165, 1.54) is 0 Å². The summed E-state index contributed by atoms with van der Waals surface area (Å²) in [5.41, 5.74) is 0. The molecule has 0 saturated heterocycles. The molecule has 0 aliphatic rings. The fourth-order valence-electron chi connectivity index (χ4n) is 0. The second-order valence-corrected chi connectivity index (χ2v) is 0. The molecule has 0 aliphatic carbocycles. The van der Waals surface area contributed by atoms with Gasteiger partial charge in [0.05, 0.1) is 0 Å². The van der Waals surface area contributed by atoms with Crippen molar-refractivity contribution in [1.29, 1.82) is 0 Å². The van der Waals surface area contributed by atoms with Crippen LogP contribution in [0.1, 0.15) is 0 Å². The van der Waals surface area contributed by atoms with Gasteiger partial charge in [0.1, 0.15) is 0 Å². The molecule has 0 bridgehead atoms. The third kappa shape index (κ3) is 18.7. The quantitative estimate of drug-likeness (QED) is 0.476. The average Bonchev–Trinajstić information content (AvgIpc) is 0. The van der Waals surface area contributed by atoms with E-state index >= 15 is 0 Å². The first-order valence-electron chi connectivity index (χ1n) is 0. The van der Waals surface area contributed by atoms with Crippen molar-refractivity contribution in [3.63, 3.8) is 0 Å². The summed E-state index contributed by atoms with van der Waals surface area (Å²) < 4.78 is 0. The van der Waals surface area contributed by atoms with Crippen molar-refractivity contribution < 1.29 is 41.7 Å². The average molecular weight is 297 g/mol. The van der Waals surface area contributed by atoms with Crippen molar-refractivity contribution in [1.82, 2.24) is 0 Å². The van der Waals surface area contributed by atoms with Crippen LogP contribution in [0.2, 0.25) is 0 Å². The van der Waals surface area contributed by atoms with E-state index in [1.807, 2.05) is 0 Å².